The summed E-state index contributed by atoms with van der Waals surface area (Å²) in [5.41, 5.74) is 4.92. The third-order valence-corrected chi connectivity index (χ3v) is 2.62. The Balaban J connectivity index is 2.66. The summed E-state index contributed by atoms with van der Waals surface area (Å²) < 4.78 is 0. The van der Waals surface area contributed by atoms with Gasteiger partial charge < -0.3 is 0 Å². The first kappa shape index (κ1) is 10.4. The van der Waals surface area contributed by atoms with Crippen LogP contribution >= 0.6 is 0 Å². The van der Waals surface area contributed by atoms with Crippen molar-refractivity contribution in [1.29, 1.82) is 5.26 Å². The minimum Gasteiger partial charge on any atom is -0.264 e. The van der Waals surface area contributed by atoms with E-state index in [1.165, 1.54) is 0 Å². The van der Waals surface area contributed by atoms with Gasteiger partial charge in [-0.15, -0.1) is 0 Å². The van der Waals surface area contributed by atoms with E-state index in [1.54, 1.807) is 12.4 Å². The molecule has 0 fully saturated rings. The van der Waals surface area contributed by atoms with Crippen LogP contribution in [-0.4, -0.2) is 4.98 Å². The minimum absolute atomic E-state index is 0.705. The Hall–Kier alpha value is -2.14. The van der Waals surface area contributed by atoms with Crippen LogP contribution < -0.4 is 0 Å². The quantitative estimate of drug-likeness (QED) is 0.721. The lowest BCUT2D eigenvalue weighted by atomic mass is 9.97. The summed E-state index contributed by atoms with van der Waals surface area (Å²) >= 11 is 0. The number of rotatable bonds is 1. The van der Waals surface area contributed by atoms with Gasteiger partial charge in [-0.25, -0.2) is 0 Å². The van der Waals surface area contributed by atoms with E-state index in [2.05, 4.69) is 11.1 Å². The monoisotopic (exact) mass is 208 g/mol. The van der Waals surface area contributed by atoms with E-state index in [-0.39, 0.29) is 0 Å². The van der Waals surface area contributed by atoms with E-state index in [9.17, 15) is 0 Å². The lowest BCUT2D eigenvalue weighted by molar-refractivity contribution is 1.28. The van der Waals surface area contributed by atoms with Crippen molar-refractivity contribution in [3.63, 3.8) is 0 Å². The number of hydrogen-bond donors (Lipinski definition) is 0. The number of aromatic nitrogens is 1. The van der Waals surface area contributed by atoms with E-state index in [4.69, 9.17) is 5.26 Å². The van der Waals surface area contributed by atoms with Gasteiger partial charge in [-0.1, -0.05) is 12.1 Å². The molecule has 0 bridgehead atoms. The number of nitriles is 1. The number of pyridine rings is 1. The summed E-state index contributed by atoms with van der Waals surface area (Å²) in [5.74, 6) is 0. The summed E-state index contributed by atoms with van der Waals surface area (Å²) in [5, 5.41) is 9.12. The first-order valence-corrected chi connectivity index (χ1v) is 5.14. The average molecular weight is 208 g/mol. The molecular formula is C14H12N2. The van der Waals surface area contributed by atoms with Crippen LogP contribution in [0.15, 0.2) is 36.7 Å². The van der Waals surface area contributed by atoms with Gasteiger partial charge in [-0.2, -0.15) is 5.26 Å². The van der Waals surface area contributed by atoms with Gasteiger partial charge in [0, 0.05) is 23.5 Å². The van der Waals surface area contributed by atoms with Crippen LogP contribution in [-0.2, 0) is 0 Å². The zero-order valence-corrected chi connectivity index (χ0v) is 9.36. The van der Waals surface area contributed by atoms with Gasteiger partial charge in [0.05, 0.1) is 11.6 Å². The van der Waals surface area contributed by atoms with E-state index in [0.29, 0.717) is 5.56 Å². The Kier molecular flexibility index (Phi) is 2.70. The Morgan fingerprint density at radius 1 is 1.12 bits per heavy atom. The Morgan fingerprint density at radius 2 is 1.94 bits per heavy atom. The fourth-order valence-corrected chi connectivity index (χ4v) is 1.73. The number of hydrogen-bond acceptors (Lipinski definition) is 2. The highest BCUT2D eigenvalue weighted by atomic mass is 14.6. The van der Waals surface area contributed by atoms with Crippen molar-refractivity contribution >= 4 is 0 Å². The van der Waals surface area contributed by atoms with Gasteiger partial charge in [-0.05, 0) is 37.1 Å². The fourth-order valence-electron chi connectivity index (χ4n) is 1.73. The maximum absolute atomic E-state index is 9.12. The van der Waals surface area contributed by atoms with Crippen molar-refractivity contribution in [1.82, 2.24) is 4.98 Å². The second-order valence-corrected chi connectivity index (χ2v) is 3.85. The highest BCUT2D eigenvalue weighted by Gasteiger charge is 2.07. The molecule has 78 valence electrons. The average Bonchev–Trinajstić information content (AvgIpc) is 2.30. The molecule has 2 heteroatoms. The van der Waals surface area contributed by atoms with Crippen molar-refractivity contribution < 1.29 is 0 Å². The molecule has 2 nitrogen and oxygen atoms in total. The number of aryl methyl sites for hydroxylation is 2. The Morgan fingerprint density at radius 3 is 2.62 bits per heavy atom. The van der Waals surface area contributed by atoms with Crippen LogP contribution in [0.1, 0.15) is 16.7 Å². The number of benzene rings is 1. The van der Waals surface area contributed by atoms with Crippen LogP contribution in [0.2, 0.25) is 0 Å². The first-order valence-electron chi connectivity index (χ1n) is 5.14. The Labute approximate surface area is 95.2 Å². The molecule has 0 spiro atoms. The van der Waals surface area contributed by atoms with Crippen LogP contribution in [0.25, 0.3) is 11.1 Å². The van der Waals surface area contributed by atoms with Gasteiger partial charge in [0.15, 0.2) is 0 Å². The van der Waals surface area contributed by atoms with Gasteiger partial charge in [0.1, 0.15) is 0 Å². The van der Waals surface area contributed by atoms with Crippen LogP contribution in [0, 0.1) is 25.2 Å². The zero-order valence-electron chi connectivity index (χ0n) is 9.36. The molecule has 0 N–H and O–H groups in total. The van der Waals surface area contributed by atoms with E-state index >= 15 is 0 Å². The molecular weight excluding hydrogens is 196 g/mol. The molecule has 0 aliphatic rings. The minimum atomic E-state index is 0.705. The van der Waals surface area contributed by atoms with Gasteiger partial charge in [0.2, 0.25) is 0 Å². The first-order chi connectivity index (χ1) is 7.72. The fraction of sp³-hybridized carbons (Fsp3) is 0.143. The highest BCUT2D eigenvalue weighted by molar-refractivity contribution is 5.72. The molecule has 2 rings (SSSR count). The molecule has 2 aromatic rings. The Bertz CT molecular complexity index is 565. The van der Waals surface area contributed by atoms with E-state index < -0.39 is 0 Å². The van der Waals surface area contributed by atoms with Crippen LogP contribution in [0.5, 0.6) is 0 Å². The lowest BCUT2D eigenvalue weighted by Gasteiger charge is -2.07. The van der Waals surface area contributed by atoms with Gasteiger partial charge in [0.25, 0.3) is 0 Å². The van der Waals surface area contributed by atoms with E-state index in [1.807, 2.05) is 38.1 Å². The van der Waals surface area contributed by atoms with Crippen molar-refractivity contribution in [3.05, 3.63) is 53.3 Å². The summed E-state index contributed by atoms with van der Waals surface area (Å²) in [6.45, 7) is 4.01. The molecule has 0 aliphatic carbocycles. The SMILES string of the molecule is Cc1ccc(-c2cnccc2C)c(C#N)c1. The predicted octanol–water partition coefficient (Wildman–Crippen LogP) is 3.24. The highest BCUT2D eigenvalue weighted by Crippen LogP contribution is 2.26. The normalized spacial score (nSPS) is 9.81. The van der Waals surface area contributed by atoms with E-state index in [0.717, 1.165) is 22.3 Å². The molecule has 0 aliphatic heterocycles. The van der Waals surface area contributed by atoms with Crippen molar-refractivity contribution in [3.8, 4) is 17.2 Å². The van der Waals surface area contributed by atoms with Gasteiger partial charge >= 0.3 is 0 Å². The molecule has 0 saturated heterocycles. The van der Waals surface area contributed by atoms with Crippen molar-refractivity contribution in [2.45, 2.75) is 13.8 Å². The van der Waals surface area contributed by atoms with Gasteiger partial charge in [-0.3, -0.25) is 4.98 Å². The maximum Gasteiger partial charge on any atom is 0.0998 e. The summed E-state index contributed by atoms with van der Waals surface area (Å²) in [4.78, 5) is 4.11. The molecule has 0 amide bonds. The molecule has 1 aromatic carbocycles. The molecule has 0 atom stereocenters. The van der Waals surface area contributed by atoms with Crippen LogP contribution in [0.4, 0.5) is 0 Å². The van der Waals surface area contributed by atoms with Crippen molar-refractivity contribution in [2.24, 2.45) is 0 Å². The third kappa shape index (κ3) is 1.80. The number of nitrogens with zero attached hydrogens (tertiary/aromatic N) is 2. The summed E-state index contributed by atoms with van der Waals surface area (Å²) in [7, 11) is 0. The topological polar surface area (TPSA) is 36.7 Å². The molecule has 0 radical (unpaired) electrons. The largest absolute Gasteiger partial charge is 0.264 e. The summed E-state index contributed by atoms with van der Waals surface area (Å²) in [6.07, 6.45) is 3.57. The second-order valence-electron chi connectivity index (χ2n) is 3.85. The molecule has 1 aromatic heterocycles. The molecule has 0 saturated carbocycles. The van der Waals surface area contributed by atoms with Crippen molar-refractivity contribution in [2.75, 3.05) is 0 Å². The van der Waals surface area contributed by atoms with Crippen LogP contribution in [0.3, 0.4) is 0 Å². The predicted molar refractivity (Wildman–Crippen MR) is 63.9 cm³/mol. The molecule has 1 heterocycles. The molecule has 0 unspecified atom stereocenters. The third-order valence-electron chi connectivity index (χ3n) is 2.62. The standard InChI is InChI=1S/C14H12N2/c1-10-3-4-13(12(7-10)8-15)14-9-16-6-5-11(14)2/h3-7,9H,1-2H3. The lowest BCUT2D eigenvalue weighted by Crippen LogP contribution is -1.89. The maximum atomic E-state index is 9.12. The second kappa shape index (κ2) is 4.16. The smallest absolute Gasteiger partial charge is 0.0998 e. The molecule has 16 heavy (non-hydrogen) atoms. The zero-order chi connectivity index (χ0) is 11.5. The summed E-state index contributed by atoms with van der Waals surface area (Å²) in [6, 6.07) is 10.1.